The van der Waals surface area contributed by atoms with Crippen molar-refractivity contribution in [2.75, 3.05) is 5.32 Å². The molecular formula is C15H18N4OS. The Labute approximate surface area is 127 Å². The van der Waals surface area contributed by atoms with E-state index in [2.05, 4.69) is 34.1 Å². The molecule has 3 rings (SSSR count). The second-order valence-electron chi connectivity index (χ2n) is 5.63. The van der Waals surface area contributed by atoms with Gasteiger partial charge in [0.05, 0.1) is 22.7 Å². The predicted octanol–water partition coefficient (Wildman–Crippen LogP) is 2.65. The zero-order valence-corrected chi connectivity index (χ0v) is 13.3. The van der Waals surface area contributed by atoms with E-state index in [1.807, 2.05) is 6.20 Å². The molecule has 0 atom stereocenters. The number of hydrogen-bond donors (Lipinski definition) is 1. The smallest absolute Gasteiger partial charge is 0.223 e. The van der Waals surface area contributed by atoms with Gasteiger partial charge < -0.3 is 5.32 Å². The summed E-state index contributed by atoms with van der Waals surface area (Å²) in [4.78, 5) is 26.0. The van der Waals surface area contributed by atoms with Crippen molar-refractivity contribution >= 4 is 23.1 Å². The number of carbonyl (C=O) groups is 1. The van der Waals surface area contributed by atoms with Crippen molar-refractivity contribution in [2.24, 2.45) is 0 Å². The summed E-state index contributed by atoms with van der Waals surface area (Å²) >= 11 is 1.58. The van der Waals surface area contributed by atoms with Crippen molar-refractivity contribution in [1.29, 1.82) is 0 Å². The van der Waals surface area contributed by atoms with Gasteiger partial charge in [0, 0.05) is 12.2 Å². The topological polar surface area (TPSA) is 67.8 Å². The predicted molar refractivity (Wildman–Crippen MR) is 83.7 cm³/mol. The summed E-state index contributed by atoms with van der Waals surface area (Å²) in [6.07, 6.45) is 4.13. The van der Waals surface area contributed by atoms with E-state index >= 15 is 0 Å². The number of aryl methyl sites for hydroxylation is 2. The van der Waals surface area contributed by atoms with E-state index in [9.17, 15) is 4.79 Å². The van der Waals surface area contributed by atoms with Gasteiger partial charge in [0.25, 0.3) is 0 Å². The maximum absolute atomic E-state index is 11.3. The summed E-state index contributed by atoms with van der Waals surface area (Å²) in [5.41, 5.74) is 3.20. The van der Waals surface area contributed by atoms with E-state index in [1.165, 1.54) is 0 Å². The molecule has 0 amide bonds. The number of hydrogen-bond acceptors (Lipinski definition) is 6. The molecule has 0 aliphatic heterocycles. The van der Waals surface area contributed by atoms with Crippen LogP contribution in [0.3, 0.4) is 0 Å². The van der Waals surface area contributed by atoms with Crippen molar-refractivity contribution < 1.29 is 4.79 Å². The van der Waals surface area contributed by atoms with E-state index in [0.717, 1.165) is 39.7 Å². The van der Waals surface area contributed by atoms with E-state index in [0.29, 0.717) is 18.4 Å². The van der Waals surface area contributed by atoms with Gasteiger partial charge in [0.1, 0.15) is 10.8 Å². The van der Waals surface area contributed by atoms with Gasteiger partial charge in [-0.1, -0.05) is 0 Å². The Morgan fingerprint density at radius 1 is 1.38 bits per heavy atom. The highest BCUT2D eigenvalue weighted by Gasteiger charge is 2.23. The van der Waals surface area contributed by atoms with Crippen molar-refractivity contribution in [1.82, 2.24) is 15.0 Å². The highest BCUT2D eigenvalue weighted by atomic mass is 32.1. The standard InChI is InChI=1S/C15H18N4OS/c1-8(2)17-15-16-7-10-4-5-11-14(13(10)19-15)21-12(18-11)6-9(3)20/h7-8H,4-6H2,1-3H3,(H,16,17,19). The fraction of sp³-hybridized carbons (Fsp3) is 0.467. The van der Waals surface area contributed by atoms with E-state index in [1.54, 1.807) is 18.3 Å². The minimum absolute atomic E-state index is 0.145. The molecule has 0 saturated carbocycles. The van der Waals surface area contributed by atoms with Crippen LogP contribution in [-0.2, 0) is 24.1 Å². The molecule has 0 saturated heterocycles. The SMILES string of the molecule is CC(=O)Cc1nc2c(s1)-c1nc(NC(C)C)ncc1CC2. The second-order valence-corrected chi connectivity index (χ2v) is 6.71. The molecule has 0 spiro atoms. The Morgan fingerprint density at radius 2 is 2.19 bits per heavy atom. The number of nitrogens with zero attached hydrogens (tertiary/aromatic N) is 3. The molecule has 21 heavy (non-hydrogen) atoms. The molecule has 1 aliphatic carbocycles. The lowest BCUT2D eigenvalue weighted by atomic mass is 10.00. The molecule has 0 radical (unpaired) electrons. The lowest BCUT2D eigenvalue weighted by Gasteiger charge is -2.15. The molecule has 0 aromatic carbocycles. The molecule has 1 aliphatic rings. The molecule has 2 heterocycles. The van der Waals surface area contributed by atoms with Crippen LogP contribution < -0.4 is 5.32 Å². The molecule has 2 aromatic heterocycles. The lowest BCUT2D eigenvalue weighted by Crippen LogP contribution is -2.14. The van der Waals surface area contributed by atoms with Crippen LogP contribution in [0.2, 0.25) is 0 Å². The normalized spacial score (nSPS) is 13.0. The van der Waals surface area contributed by atoms with Gasteiger partial charge >= 0.3 is 0 Å². The van der Waals surface area contributed by atoms with Crippen molar-refractivity contribution in [3.8, 4) is 10.6 Å². The molecule has 6 heteroatoms. The molecule has 0 fully saturated rings. The first-order valence-corrected chi connectivity index (χ1v) is 7.95. The number of carbonyl (C=O) groups excluding carboxylic acids is 1. The molecule has 5 nitrogen and oxygen atoms in total. The van der Waals surface area contributed by atoms with Gasteiger partial charge in [-0.25, -0.2) is 15.0 Å². The summed E-state index contributed by atoms with van der Waals surface area (Å²) in [5, 5.41) is 4.12. The summed E-state index contributed by atoms with van der Waals surface area (Å²) in [5.74, 6) is 0.796. The largest absolute Gasteiger partial charge is 0.352 e. The number of nitrogens with one attached hydrogen (secondary N) is 1. The average molecular weight is 302 g/mol. The van der Waals surface area contributed by atoms with Gasteiger partial charge in [0.15, 0.2) is 0 Å². The monoisotopic (exact) mass is 302 g/mol. The number of thiazole rings is 1. The van der Waals surface area contributed by atoms with Gasteiger partial charge in [-0.05, 0) is 39.2 Å². The van der Waals surface area contributed by atoms with Crippen LogP contribution in [0.1, 0.15) is 37.0 Å². The number of anilines is 1. The average Bonchev–Trinajstić information content (AvgIpc) is 2.79. The van der Waals surface area contributed by atoms with Crippen LogP contribution >= 0.6 is 11.3 Å². The molecule has 2 aromatic rings. The first-order chi connectivity index (χ1) is 10.0. The number of rotatable bonds is 4. The van der Waals surface area contributed by atoms with Crippen molar-refractivity contribution in [3.05, 3.63) is 22.5 Å². The first kappa shape index (κ1) is 14.1. The minimum atomic E-state index is 0.145. The first-order valence-electron chi connectivity index (χ1n) is 7.13. The highest BCUT2D eigenvalue weighted by Crippen LogP contribution is 2.36. The number of fused-ring (bicyclic) bond motifs is 3. The zero-order valence-electron chi connectivity index (χ0n) is 12.4. The van der Waals surface area contributed by atoms with Crippen LogP contribution in [0.25, 0.3) is 10.6 Å². The second kappa shape index (κ2) is 5.52. The summed E-state index contributed by atoms with van der Waals surface area (Å²) in [6, 6.07) is 0.292. The maximum Gasteiger partial charge on any atom is 0.223 e. The Balaban J connectivity index is 1.99. The quantitative estimate of drug-likeness (QED) is 0.940. The summed E-state index contributed by atoms with van der Waals surface area (Å²) < 4.78 is 0. The fourth-order valence-electron chi connectivity index (χ4n) is 2.41. The van der Waals surface area contributed by atoms with E-state index in [-0.39, 0.29) is 5.78 Å². The van der Waals surface area contributed by atoms with E-state index in [4.69, 9.17) is 0 Å². The Morgan fingerprint density at radius 3 is 2.90 bits per heavy atom. The van der Waals surface area contributed by atoms with Crippen LogP contribution in [0.15, 0.2) is 6.20 Å². The van der Waals surface area contributed by atoms with Crippen molar-refractivity contribution in [2.45, 2.75) is 46.1 Å². The van der Waals surface area contributed by atoms with Crippen LogP contribution in [0, 0.1) is 0 Å². The van der Waals surface area contributed by atoms with Gasteiger partial charge in [-0.3, -0.25) is 4.79 Å². The number of ketones is 1. The Bertz CT molecular complexity index is 693. The summed E-state index contributed by atoms with van der Waals surface area (Å²) in [7, 11) is 0. The van der Waals surface area contributed by atoms with Crippen LogP contribution in [0.4, 0.5) is 5.95 Å². The summed E-state index contributed by atoms with van der Waals surface area (Å²) in [6.45, 7) is 5.72. The molecular weight excluding hydrogens is 284 g/mol. The van der Waals surface area contributed by atoms with Gasteiger partial charge in [-0.15, -0.1) is 11.3 Å². The molecule has 0 unspecified atom stereocenters. The fourth-order valence-corrected chi connectivity index (χ4v) is 3.62. The number of aromatic nitrogens is 3. The highest BCUT2D eigenvalue weighted by molar-refractivity contribution is 7.15. The maximum atomic E-state index is 11.3. The van der Waals surface area contributed by atoms with Crippen molar-refractivity contribution in [3.63, 3.8) is 0 Å². The lowest BCUT2D eigenvalue weighted by molar-refractivity contribution is -0.116. The molecule has 0 bridgehead atoms. The van der Waals surface area contributed by atoms with Crippen LogP contribution in [-0.4, -0.2) is 26.8 Å². The molecule has 1 N–H and O–H groups in total. The minimum Gasteiger partial charge on any atom is -0.352 e. The third-order valence-corrected chi connectivity index (χ3v) is 4.37. The Kier molecular flexibility index (Phi) is 3.71. The van der Waals surface area contributed by atoms with Gasteiger partial charge in [-0.2, -0.15) is 0 Å². The number of Topliss-reactive ketones (excluding diaryl/α,β-unsaturated/α-hetero) is 1. The zero-order chi connectivity index (χ0) is 15.0. The van der Waals surface area contributed by atoms with Crippen LogP contribution in [0.5, 0.6) is 0 Å². The Hall–Kier alpha value is -1.82. The van der Waals surface area contributed by atoms with E-state index < -0.39 is 0 Å². The third-order valence-electron chi connectivity index (χ3n) is 3.27. The van der Waals surface area contributed by atoms with Gasteiger partial charge in [0.2, 0.25) is 5.95 Å². The molecule has 110 valence electrons. The third kappa shape index (κ3) is 2.95.